The Labute approximate surface area is 126 Å². The van der Waals surface area contributed by atoms with E-state index in [0.29, 0.717) is 28.5 Å². The van der Waals surface area contributed by atoms with Gasteiger partial charge >= 0.3 is 5.97 Å². The molecule has 0 radical (unpaired) electrons. The van der Waals surface area contributed by atoms with E-state index in [4.69, 9.17) is 10.5 Å². The average Bonchev–Trinajstić information content (AvgIpc) is 2.46. The van der Waals surface area contributed by atoms with Crippen LogP contribution in [0.25, 0.3) is 0 Å². The van der Waals surface area contributed by atoms with Crippen molar-refractivity contribution < 1.29 is 9.53 Å². The molecule has 1 aromatic rings. The first kappa shape index (κ1) is 15.6. The van der Waals surface area contributed by atoms with E-state index in [1.807, 2.05) is 7.05 Å². The van der Waals surface area contributed by atoms with Crippen LogP contribution >= 0.6 is 0 Å². The molecule has 2 rings (SSSR count). The lowest BCUT2D eigenvalue weighted by Crippen LogP contribution is -2.38. The van der Waals surface area contributed by atoms with E-state index in [9.17, 15) is 4.79 Å². The Bertz CT molecular complexity index is 518. The van der Waals surface area contributed by atoms with Gasteiger partial charge in [0.2, 0.25) is 0 Å². The highest BCUT2D eigenvalue weighted by Gasteiger charge is 2.30. The van der Waals surface area contributed by atoms with E-state index < -0.39 is 5.97 Å². The molecule has 0 saturated heterocycles. The van der Waals surface area contributed by atoms with Gasteiger partial charge in [0.25, 0.3) is 0 Å². The lowest BCUT2D eigenvalue weighted by Gasteiger charge is -2.39. The molecule has 2 N–H and O–H groups in total. The van der Waals surface area contributed by atoms with Crippen molar-refractivity contribution in [2.75, 3.05) is 24.8 Å². The summed E-state index contributed by atoms with van der Waals surface area (Å²) in [6.45, 7) is 4.63. The smallest absolute Gasteiger partial charge is 0.340 e. The van der Waals surface area contributed by atoms with Crippen molar-refractivity contribution in [3.63, 3.8) is 0 Å². The molecule has 1 aliphatic carbocycles. The number of methoxy groups -OCH3 is 1. The zero-order valence-corrected chi connectivity index (χ0v) is 13.3. The van der Waals surface area contributed by atoms with Gasteiger partial charge in [-0.1, -0.05) is 13.8 Å². The molecule has 5 heteroatoms. The van der Waals surface area contributed by atoms with Crippen LogP contribution in [-0.2, 0) is 4.74 Å². The molecule has 0 amide bonds. The van der Waals surface area contributed by atoms with Gasteiger partial charge in [0, 0.05) is 19.3 Å². The largest absolute Gasteiger partial charge is 0.465 e. The van der Waals surface area contributed by atoms with Gasteiger partial charge in [-0.25, -0.2) is 9.78 Å². The van der Waals surface area contributed by atoms with Crippen LogP contribution in [0.4, 0.5) is 11.5 Å². The molecule has 116 valence electrons. The Morgan fingerprint density at radius 1 is 1.43 bits per heavy atom. The van der Waals surface area contributed by atoms with Gasteiger partial charge in [-0.3, -0.25) is 0 Å². The van der Waals surface area contributed by atoms with Crippen LogP contribution in [0.2, 0.25) is 0 Å². The summed E-state index contributed by atoms with van der Waals surface area (Å²) in [5, 5.41) is 0. The van der Waals surface area contributed by atoms with E-state index >= 15 is 0 Å². The number of hydrogen-bond acceptors (Lipinski definition) is 5. The molecule has 1 saturated carbocycles. The second-order valence-electron chi connectivity index (χ2n) is 6.59. The van der Waals surface area contributed by atoms with Gasteiger partial charge < -0.3 is 15.4 Å². The third-order valence-corrected chi connectivity index (χ3v) is 4.56. The number of nitrogen functional groups attached to an aromatic ring is 1. The van der Waals surface area contributed by atoms with Crippen molar-refractivity contribution in [2.45, 2.75) is 45.6 Å². The number of esters is 1. The van der Waals surface area contributed by atoms with E-state index in [0.717, 1.165) is 12.8 Å². The molecule has 1 aromatic heterocycles. The Hall–Kier alpha value is -1.78. The molecule has 0 unspecified atom stereocenters. The summed E-state index contributed by atoms with van der Waals surface area (Å²) in [5.74, 6) is 0.247. The van der Waals surface area contributed by atoms with Crippen LogP contribution in [0.3, 0.4) is 0 Å². The van der Waals surface area contributed by atoms with Crippen LogP contribution in [0, 0.1) is 5.41 Å². The number of carbonyl (C=O) groups excluding carboxylic acids is 1. The van der Waals surface area contributed by atoms with Crippen molar-refractivity contribution in [2.24, 2.45) is 5.41 Å². The highest BCUT2D eigenvalue weighted by atomic mass is 16.5. The van der Waals surface area contributed by atoms with Crippen LogP contribution in [0.1, 0.15) is 49.9 Å². The zero-order chi connectivity index (χ0) is 15.6. The molecule has 0 aromatic carbocycles. The number of ether oxygens (including phenoxy) is 1. The topological polar surface area (TPSA) is 68.5 Å². The number of nitrogens with two attached hydrogens (primary N) is 1. The third-order valence-electron chi connectivity index (χ3n) is 4.56. The molecule has 1 aliphatic rings. The number of nitrogens with zero attached hydrogens (tertiary/aromatic N) is 2. The summed E-state index contributed by atoms with van der Waals surface area (Å²) < 4.78 is 4.76. The Balaban J connectivity index is 2.20. The summed E-state index contributed by atoms with van der Waals surface area (Å²) in [6, 6.07) is 2.02. The Kier molecular flexibility index (Phi) is 4.40. The molecule has 5 nitrogen and oxygen atoms in total. The first-order chi connectivity index (χ1) is 9.85. The minimum absolute atomic E-state index is 0.380. The number of aromatic nitrogens is 1. The minimum Gasteiger partial charge on any atom is -0.465 e. The summed E-state index contributed by atoms with van der Waals surface area (Å²) in [7, 11) is 3.36. The monoisotopic (exact) mass is 291 g/mol. The highest BCUT2D eigenvalue weighted by molar-refractivity contribution is 5.97. The third kappa shape index (κ3) is 3.28. The first-order valence-corrected chi connectivity index (χ1v) is 7.41. The normalized spacial score (nSPS) is 18.3. The number of carbonyl (C=O) groups is 1. The van der Waals surface area contributed by atoms with Gasteiger partial charge in [0.15, 0.2) is 5.82 Å². The Morgan fingerprint density at radius 2 is 2.05 bits per heavy atom. The fourth-order valence-electron chi connectivity index (χ4n) is 2.98. The van der Waals surface area contributed by atoms with Gasteiger partial charge in [0.05, 0.1) is 18.4 Å². The van der Waals surface area contributed by atoms with Crippen molar-refractivity contribution in [1.29, 1.82) is 0 Å². The Morgan fingerprint density at radius 3 is 2.62 bits per heavy atom. The maximum Gasteiger partial charge on any atom is 0.340 e. The molecule has 0 atom stereocenters. The molecular weight excluding hydrogens is 266 g/mol. The molecule has 1 fully saturated rings. The molecule has 0 spiro atoms. The molecule has 0 aliphatic heterocycles. The first-order valence-electron chi connectivity index (χ1n) is 7.41. The summed E-state index contributed by atoms with van der Waals surface area (Å²) in [4.78, 5) is 18.2. The van der Waals surface area contributed by atoms with Crippen molar-refractivity contribution >= 4 is 17.5 Å². The second-order valence-corrected chi connectivity index (χ2v) is 6.59. The number of anilines is 2. The lowest BCUT2D eigenvalue weighted by atomic mass is 9.75. The van der Waals surface area contributed by atoms with Gasteiger partial charge in [-0.15, -0.1) is 0 Å². The molecular formula is C16H25N3O2. The minimum atomic E-state index is -0.422. The van der Waals surface area contributed by atoms with Crippen LogP contribution in [-0.4, -0.2) is 31.2 Å². The maximum absolute atomic E-state index is 11.7. The molecule has 0 bridgehead atoms. The van der Waals surface area contributed by atoms with E-state index in [1.54, 1.807) is 12.3 Å². The zero-order valence-electron chi connectivity index (χ0n) is 13.3. The van der Waals surface area contributed by atoms with E-state index in [1.165, 1.54) is 20.0 Å². The average molecular weight is 291 g/mol. The number of rotatable bonds is 3. The van der Waals surface area contributed by atoms with Gasteiger partial charge in [-0.05, 0) is 37.2 Å². The summed E-state index contributed by atoms with van der Waals surface area (Å²) >= 11 is 0. The van der Waals surface area contributed by atoms with Crippen molar-refractivity contribution in [1.82, 2.24) is 4.98 Å². The van der Waals surface area contributed by atoms with Gasteiger partial charge in [-0.2, -0.15) is 0 Å². The maximum atomic E-state index is 11.7. The highest BCUT2D eigenvalue weighted by Crippen LogP contribution is 2.38. The predicted octanol–water partition coefficient (Wildman–Crippen LogP) is 2.86. The van der Waals surface area contributed by atoms with Crippen LogP contribution in [0.5, 0.6) is 0 Å². The molecule has 21 heavy (non-hydrogen) atoms. The van der Waals surface area contributed by atoms with Crippen molar-refractivity contribution in [3.05, 3.63) is 17.8 Å². The number of pyridine rings is 1. The molecule has 1 heterocycles. The lowest BCUT2D eigenvalue weighted by molar-refractivity contribution is 0.0602. The standard InChI is InChI=1S/C16H25N3O2/c1-16(2)8-5-11(6-9-16)19(3)14-13(17)12(7-10-18-14)15(20)21-4/h7,10-11H,5-6,8-9,17H2,1-4H3. The fraction of sp³-hybridized carbons (Fsp3) is 0.625. The fourth-order valence-corrected chi connectivity index (χ4v) is 2.98. The van der Waals surface area contributed by atoms with E-state index in [-0.39, 0.29) is 0 Å². The van der Waals surface area contributed by atoms with Gasteiger partial charge in [0.1, 0.15) is 0 Å². The summed E-state index contributed by atoms with van der Waals surface area (Å²) in [6.07, 6.45) is 6.23. The van der Waals surface area contributed by atoms with Crippen LogP contribution in [0.15, 0.2) is 12.3 Å². The second kappa shape index (κ2) is 5.92. The van der Waals surface area contributed by atoms with Crippen molar-refractivity contribution in [3.8, 4) is 0 Å². The van der Waals surface area contributed by atoms with E-state index in [2.05, 4.69) is 23.7 Å². The number of hydrogen-bond donors (Lipinski definition) is 1. The predicted molar refractivity (Wildman–Crippen MR) is 84.4 cm³/mol. The van der Waals surface area contributed by atoms with Crippen LogP contribution < -0.4 is 10.6 Å². The summed E-state index contributed by atoms with van der Waals surface area (Å²) in [5.41, 5.74) is 7.32. The SMILES string of the molecule is COC(=O)c1ccnc(N(C)C2CCC(C)(C)CC2)c1N. The quantitative estimate of drug-likeness (QED) is 0.867.